The molecule has 6 aromatic rings. The van der Waals surface area contributed by atoms with E-state index in [0.29, 0.717) is 6.61 Å². The maximum Gasteiger partial charge on any atom is 0.186 e. The molecule has 0 spiro atoms. The summed E-state index contributed by atoms with van der Waals surface area (Å²) in [6.45, 7) is 1.62. The van der Waals surface area contributed by atoms with Crippen molar-refractivity contribution < 1.29 is 47.4 Å². The molecule has 2 fully saturated rings. The van der Waals surface area contributed by atoms with Crippen molar-refractivity contribution in [2.24, 2.45) is 5.11 Å². The van der Waals surface area contributed by atoms with Gasteiger partial charge in [0.05, 0.1) is 52.9 Å². The van der Waals surface area contributed by atoms with Gasteiger partial charge >= 0.3 is 0 Å². The predicted molar refractivity (Wildman–Crippen MR) is 254 cm³/mol. The number of rotatable bonds is 24. The molecule has 0 saturated carbocycles. The van der Waals surface area contributed by atoms with Crippen LogP contribution in [0.15, 0.2) is 187 Å². The van der Waals surface area contributed by atoms with Gasteiger partial charge in [0.15, 0.2) is 12.6 Å². The molecule has 2 heterocycles. The van der Waals surface area contributed by atoms with Crippen molar-refractivity contribution >= 4 is 0 Å². The molecular weight excluding hydrogens is 863 g/mol. The van der Waals surface area contributed by atoms with Crippen LogP contribution in [-0.2, 0) is 87.0 Å². The topological polar surface area (TPSA) is 141 Å². The minimum Gasteiger partial charge on any atom is -0.374 e. The standard InChI is InChI=1S/C55H59N3O10/c1-59-55-53(65-37-45-30-18-7-19-31-45)52(64-36-44-28-16-6-17-29-44)50(62-34-42-24-12-4-13-25-42)47(68-55)39-66-54-48(57-58-56)51(63-35-43-26-14-5-15-27-43)49(61-33-41-22-10-3-11-23-41)46(67-54)38-60-32-40-20-8-2-9-21-40/h2-31,46-55H,32-39H2,1H3. The number of ether oxygens (including phenoxy) is 10. The van der Waals surface area contributed by atoms with Crippen LogP contribution in [0.2, 0.25) is 0 Å². The Morgan fingerprint density at radius 3 is 1.15 bits per heavy atom. The Morgan fingerprint density at radius 2 is 0.735 bits per heavy atom. The average Bonchev–Trinajstić information content (AvgIpc) is 3.40. The Bertz CT molecular complexity index is 2370. The van der Waals surface area contributed by atoms with Gasteiger partial charge in [0.2, 0.25) is 0 Å². The molecule has 10 atom stereocenters. The van der Waals surface area contributed by atoms with Crippen LogP contribution in [0, 0.1) is 0 Å². The van der Waals surface area contributed by atoms with Gasteiger partial charge in [0.1, 0.15) is 48.8 Å². The Labute approximate surface area is 398 Å². The van der Waals surface area contributed by atoms with Crippen LogP contribution in [0.4, 0.5) is 0 Å². The summed E-state index contributed by atoms with van der Waals surface area (Å²) >= 11 is 0. The first-order valence-corrected chi connectivity index (χ1v) is 23.0. The van der Waals surface area contributed by atoms with Crippen LogP contribution in [0.1, 0.15) is 33.4 Å². The molecule has 10 unspecified atom stereocenters. The second-order valence-corrected chi connectivity index (χ2v) is 16.7. The van der Waals surface area contributed by atoms with Crippen LogP contribution in [0.25, 0.3) is 10.4 Å². The normalized spacial score (nSPS) is 24.8. The number of hydrogen-bond donors (Lipinski definition) is 0. The van der Waals surface area contributed by atoms with Gasteiger partial charge in [-0.1, -0.05) is 187 Å². The van der Waals surface area contributed by atoms with E-state index in [-0.39, 0.29) is 46.2 Å². The Morgan fingerprint density at radius 1 is 0.397 bits per heavy atom. The number of azide groups is 1. The second-order valence-electron chi connectivity index (χ2n) is 16.7. The van der Waals surface area contributed by atoms with Crippen LogP contribution >= 0.6 is 0 Å². The van der Waals surface area contributed by atoms with E-state index in [1.807, 2.05) is 182 Å². The van der Waals surface area contributed by atoms with E-state index in [1.165, 1.54) is 0 Å². The van der Waals surface area contributed by atoms with Crippen molar-refractivity contribution in [3.8, 4) is 0 Å². The zero-order valence-corrected chi connectivity index (χ0v) is 38.2. The molecule has 354 valence electrons. The highest BCUT2D eigenvalue weighted by atomic mass is 16.7. The monoisotopic (exact) mass is 921 g/mol. The third kappa shape index (κ3) is 13.9. The van der Waals surface area contributed by atoms with Crippen molar-refractivity contribution in [2.45, 2.75) is 101 Å². The molecule has 0 bridgehead atoms. The van der Waals surface area contributed by atoms with E-state index >= 15 is 0 Å². The molecule has 0 N–H and O–H groups in total. The molecule has 13 nitrogen and oxygen atoms in total. The zero-order chi connectivity index (χ0) is 46.6. The third-order valence-corrected chi connectivity index (χ3v) is 11.9. The fourth-order valence-corrected chi connectivity index (χ4v) is 8.40. The maximum absolute atomic E-state index is 10.2. The number of methoxy groups -OCH3 is 1. The lowest BCUT2D eigenvalue weighted by molar-refractivity contribution is -0.336. The Hall–Kier alpha value is -5.77. The molecular formula is C55H59N3O10. The average molecular weight is 922 g/mol. The minimum absolute atomic E-state index is 0.0867. The molecule has 2 aliphatic rings. The molecule has 0 radical (unpaired) electrons. The smallest absolute Gasteiger partial charge is 0.186 e. The summed E-state index contributed by atoms with van der Waals surface area (Å²) < 4.78 is 66.6. The summed E-state index contributed by atoms with van der Waals surface area (Å²) in [5, 5.41) is 4.30. The van der Waals surface area contributed by atoms with Gasteiger partial charge in [-0.25, -0.2) is 0 Å². The molecule has 0 amide bonds. The first-order valence-electron chi connectivity index (χ1n) is 23.0. The molecule has 0 aliphatic carbocycles. The number of hydrogen-bond acceptors (Lipinski definition) is 11. The van der Waals surface area contributed by atoms with Crippen molar-refractivity contribution in [1.29, 1.82) is 0 Å². The number of nitrogens with zero attached hydrogens (tertiary/aromatic N) is 3. The molecule has 8 rings (SSSR count). The van der Waals surface area contributed by atoms with Crippen LogP contribution in [-0.4, -0.2) is 81.7 Å². The van der Waals surface area contributed by atoms with E-state index in [9.17, 15) is 5.53 Å². The summed E-state index contributed by atoms with van der Waals surface area (Å²) in [6, 6.07) is 58.3. The van der Waals surface area contributed by atoms with Crippen LogP contribution < -0.4 is 0 Å². The van der Waals surface area contributed by atoms with Crippen LogP contribution in [0.3, 0.4) is 0 Å². The van der Waals surface area contributed by atoms with E-state index in [0.717, 1.165) is 33.4 Å². The van der Waals surface area contributed by atoms with Crippen molar-refractivity contribution in [2.75, 3.05) is 20.3 Å². The first kappa shape index (κ1) is 48.7. The van der Waals surface area contributed by atoms with Crippen molar-refractivity contribution in [3.05, 3.63) is 226 Å². The molecule has 2 saturated heterocycles. The SMILES string of the molecule is COC1OC(COC2OC(COCc3ccccc3)C(OCc3ccccc3)C(OCc3ccccc3)C2N=[N+]=[N-])C(OCc2ccccc2)C(OCc2ccccc2)C1OCc1ccccc1. The van der Waals surface area contributed by atoms with Gasteiger partial charge in [0.25, 0.3) is 0 Å². The lowest BCUT2D eigenvalue weighted by Crippen LogP contribution is -2.63. The summed E-state index contributed by atoms with van der Waals surface area (Å²) in [6.07, 6.45) is -7.27. The summed E-state index contributed by atoms with van der Waals surface area (Å²) in [7, 11) is 1.58. The van der Waals surface area contributed by atoms with Gasteiger partial charge in [0, 0.05) is 12.0 Å². The highest BCUT2D eigenvalue weighted by Gasteiger charge is 2.51. The highest BCUT2D eigenvalue weighted by molar-refractivity contribution is 5.18. The van der Waals surface area contributed by atoms with Gasteiger partial charge in [-0.3, -0.25) is 0 Å². The van der Waals surface area contributed by atoms with Crippen molar-refractivity contribution in [1.82, 2.24) is 0 Å². The third-order valence-electron chi connectivity index (χ3n) is 11.9. The van der Waals surface area contributed by atoms with E-state index < -0.39 is 61.3 Å². The Kier molecular flexibility index (Phi) is 18.7. The van der Waals surface area contributed by atoms with Gasteiger partial charge < -0.3 is 47.4 Å². The van der Waals surface area contributed by atoms with Crippen molar-refractivity contribution in [3.63, 3.8) is 0 Å². The molecule has 13 heteroatoms. The lowest BCUT2D eigenvalue weighted by atomic mass is 9.96. The largest absolute Gasteiger partial charge is 0.374 e. The van der Waals surface area contributed by atoms with Gasteiger partial charge in [-0.05, 0) is 38.9 Å². The summed E-state index contributed by atoms with van der Waals surface area (Å²) in [5.41, 5.74) is 16.0. The van der Waals surface area contributed by atoms with E-state index in [2.05, 4.69) is 10.0 Å². The van der Waals surface area contributed by atoms with E-state index in [4.69, 9.17) is 47.4 Å². The Balaban J connectivity index is 1.10. The molecule has 68 heavy (non-hydrogen) atoms. The quantitative estimate of drug-likeness (QED) is 0.0327. The fraction of sp³-hybridized carbons (Fsp3) is 0.345. The number of benzene rings is 6. The molecule has 0 aromatic heterocycles. The minimum atomic E-state index is -1.14. The summed E-state index contributed by atoms with van der Waals surface area (Å²) in [5.74, 6) is 0. The molecule has 2 aliphatic heterocycles. The zero-order valence-electron chi connectivity index (χ0n) is 38.2. The lowest BCUT2D eigenvalue weighted by Gasteiger charge is -2.47. The first-order chi connectivity index (χ1) is 33.6. The summed E-state index contributed by atoms with van der Waals surface area (Å²) in [4.78, 5) is 3.30. The second kappa shape index (κ2) is 26.1. The predicted octanol–water partition coefficient (Wildman–Crippen LogP) is 9.92. The molecule has 6 aromatic carbocycles. The van der Waals surface area contributed by atoms with Crippen LogP contribution in [0.5, 0.6) is 0 Å². The van der Waals surface area contributed by atoms with Gasteiger partial charge in [-0.2, -0.15) is 0 Å². The highest BCUT2D eigenvalue weighted by Crippen LogP contribution is 2.35. The van der Waals surface area contributed by atoms with Gasteiger partial charge in [-0.15, -0.1) is 0 Å². The maximum atomic E-state index is 10.2. The fourth-order valence-electron chi connectivity index (χ4n) is 8.40. The van der Waals surface area contributed by atoms with E-state index in [1.54, 1.807) is 7.11 Å².